The van der Waals surface area contributed by atoms with Crippen molar-refractivity contribution in [1.82, 2.24) is 20.4 Å². The minimum absolute atomic E-state index is 0.172. The predicted molar refractivity (Wildman–Crippen MR) is 70.5 cm³/mol. The van der Waals surface area contributed by atoms with E-state index >= 15 is 0 Å². The Balaban J connectivity index is 1.73. The quantitative estimate of drug-likeness (QED) is 0.740. The van der Waals surface area contributed by atoms with E-state index in [0.717, 1.165) is 19.5 Å². The van der Waals surface area contributed by atoms with Crippen LogP contribution in [-0.4, -0.2) is 46.8 Å². The molecule has 2 heterocycles. The van der Waals surface area contributed by atoms with Crippen LogP contribution in [-0.2, 0) is 0 Å². The molecule has 3 N–H and O–H groups in total. The van der Waals surface area contributed by atoms with Gasteiger partial charge in [0.15, 0.2) is 0 Å². The van der Waals surface area contributed by atoms with E-state index in [1.807, 2.05) is 0 Å². The van der Waals surface area contributed by atoms with Crippen molar-refractivity contribution in [3.05, 3.63) is 12.4 Å². The summed E-state index contributed by atoms with van der Waals surface area (Å²) in [4.78, 5) is 14.1. The number of amides is 2. The molecule has 2 amide bonds. The van der Waals surface area contributed by atoms with Gasteiger partial charge in [0.1, 0.15) is 0 Å². The first-order chi connectivity index (χ1) is 8.79. The van der Waals surface area contributed by atoms with Gasteiger partial charge in [-0.3, -0.25) is 10.00 Å². The smallest absolute Gasteiger partial charge is 0.319 e. The maximum atomic E-state index is 11.7. The van der Waals surface area contributed by atoms with E-state index in [9.17, 15) is 4.79 Å². The molecular formula is C12H21N5O. The van der Waals surface area contributed by atoms with Gasteiger partial charge in [0.25, 0.3) is 0 Å². The van der Waals surface area contributed by atoms with Crippen LogP contribution in [0.4, 0.5) is 10.5 Å². The van der Waals surface area contributed by atoms with Gasteiger partial charge in [-0.1, -0.05) is 6.92 Å². The predicted octanol–water partition coefficient (Wildman–Crippen LogP) is 1.41. The van der Waals surface area contributed by atoms with Crippen molar-refractivity contribution in [2.45, 2.75) is 32.2 Å². The Kier molecular flexibility index (Phi) is 4.58. The number of likely N-dealkylation sites (tertiary alicyclic amines) is 1. The molecule has 0 radical (unpaired) electrons. The number of urea groups is 1. The molecule has 18 heavy (non-hydrogen) atoms. The molecule has 2 rings (SSSR count). The number of rotatable bonds is 5. The highest BCUT2D eigenvalue weighted by molar-refractivity contribution is 5.88. The standard InChI is InChI=1S/C12H21N5O/c1-2-11(17-5-3-4-6-17)9-13-12(18)16-10-7-14-15-8-10/h7-8,11H,2-6,9H2,1H3,(H,14,15)(H2,13,16,18)/t11-/m1/s1. The number of hydrogen-bond acceptors (Lipinski definition) is 3. The lowest BCUT2D eigenvalue weighted by Gasteiger charge is -2.26. The van der Waals surface area contributed by atoms with E-state index in [4.69, 9.17) is 0 Å². The molecule has 1 saturated heterocycles. The molecule has 0 aliphatic carbocycles. The molecule has 1 fully saturated rings. The van der Waals surface area contributed by atoms with Crippen LogP contribution in [0.15, 0.2) is 12.4 Å². The highest BCUT2D eigenvalue weighted by atomic mass is 16.2. The Morgan fingerprint density at radius 1 is 1.56 bits per heavy atom. The molecule has 0 bridgehead atoms. The number of aromatic amines is 1. The second-order valence-corrected chi connectivity index (χ2v) is 4.63. The van der Waals surface area contributed by atoms with E-state index < -0.39 is 0 Å². The number of H-pyrrole nitrogens is 1. The van der Waals surface area contributed by atoms with Gasteiger partial charge in [-0.25, -0.2) is 4.79 Å². The Morgan fingerprint density at radius 3 is 2.94 bits per heavy atom. The average Bonchev–Trinajstić information content (AvgIpc) is 3.02. The van der Waals surface area contributed by atoms with Crippen LogP contribution < -0.4 is 10.6 Å². The molecule has 1 aliphatic rings. The van der Waals surface area contributed by atoms with Gasteiger partial charge in [0, 0.05) is 18.8 Å². The third-order valence-electron chi connectivity index (χ3n) is 3.38. The minimum atomic E-state index is -0.172. The van der Waals surface area contributed by atoms with E-state index in [2.05, 4.69) is 32.7 Å². The number of nitrogens with zero attached hydrogens (tertiary/aromatic N) is 2. The summed E-state index contributed by atoms with van der Waals surface area (Å²) < 4.78 is 0. The van der Waals surface area contributed by atoms with Gasteiger partial charge in [0.2, 0.25) is 0 Å². The van der Waals surface area contributed by atoms with E-state index in [-0.39, 0.29) is 6.03 Å². The number of anilines is 1. The third kappa shape index (κ3) is 3.46. The van der Waals surface area contributed by atoms with Gasteiger partial charge in [-0.15, -0.1) is 0 Å². The normalized spacial score (nSPS) is 17.6. The summed E-state index contributed by atoms with van der Waals surface area (Å²) in [6, 6.07) is 0.275. The lowest BCUT2D eigenvalue weighted by molar-refractivity contribution is 0.222. The molecule has 1 aromatic rings. The van der Waals surface area contributed by atoms with E-state index in [0.29, 0.717) is 18.3 Å². The lowest BCUT2D eigenvalue weighted by atomic mass is 10.2. The van der Waals surface area contributed by atoms with Crippen LogP contribution in [0.5, 0.6) is 0 Å². The summed E-state index contributed by atoms with van der Waals surface area (Å²) in [5.41, 5.74) is 0.682. The van der Waals surface area contributed by atoms with Crippen LogP contribution >= 0.6 is 0 Å². The second kappa shape index (κ2) is 6.39. The number of hydrogen-bond donors (Lipinski definition) is 3. The number of aromatic nitrogens is 2. The molecule has 100 valence electrons. The summed E-state index contributed by atoms with van der Waals surface area (Å²) in [7, 11) is 0. The number of nitrogens with one attached hydrogen (secondary N) is 3. The molecule has 0 spiro atoms. The average molecular weight is 251 g/mol. The third-order valence-corrected chi connectivity index (χ3v) is 3.38. The lowest BCUT2D eigenvalue weighted by Crippen LogP contribution is -2.43. The molecule has 6 nitrogen and oxygen atoms in total. The van der Waals surface area contributed by atoms with Crippen molar-refractivity contribution in [3.63, 3.8) is 0 Å². The zero-order chi connectivity index (χ0) is 12.8. The van der Waals surface area contributed by atoms with Crippen LogP contribution in [0.2, 0.25) is 0 Å². The zero-order valence-corrected chi connectivity index (χ0v) is 10.8. The summed E-state index contributed by atoms with van der Waals surface area (Å²) in [5.74, 6) is 0. The topological polar surface area (TPSA) is 73.0 Å². The first-order valence-electron chi connectivity index (χ1n) is 6.57. The summed E-state index contributed by atoms with van der Waals surface area (Å²) in [6.45, 7) is 5.17. The van der Waals surface area contributed by atoms with Crippen molar-refractivity contribution in [2.24, 2.45) is 0 Å². The van der Waals surface area contributed by atoms with Gasteiger partial charge in [-0.05, 0) is 32.4 Å². The van der Waals surface area contributed by atoms with Crippen LogP contribution in [0.25, 0.3) is 0 Å². The fraction of sp³-hybridized carbons (Fsp3) is 0.667. The van der Waals surface area contributed by atoms with Crippen molar-refractivity contribution in [2.75, 3.05) is 25.0 Å². The Hall–Kier alpha value is -1.56. The highest BCUT2D eigenvalue weighted by Crippen LogP contribution is 2.13. The summed E-state index contributed by atoms with van der Waals surface area (Å²) in [5, 5.41) is 12.1. The molecule has 6 heteroatoms. The summed E-state index contributed by atoms with van der Waals surface area (Å²) >= 11 is 0. The molecule has 1 aliphatic heterocycles. The minimum Gasteiger partial charge on any atom is -0.336 e. The van der Waals surface area contributed by atoms with Crippen molar-refractivity contribution < 1.29 is 4.79 Å². The van der Waals surface area contributed by atoms with Crippen LogP contribution in [0, 0.1) is 0 Å². The molecule has 1 aromatic heterocycles. The molecule has 0 aromatic carbocycles. The molecule has 0 unspecified atom stereocenters. The van der Waals surface area contributed by atoms with Crippen LogP contribution in [0.1, 0.15) is 26.2 Å². The SMILES string of the molecule is CC[C@H](CNC(=O)Nc1cn[nH]c1)N1CCCC1. The Labute approximate surface area is 107 Å². The number of carbonyl (C=O) groups is 1. The van der Waals surface area contributed by atoms with Gasteiger partial charge < -0.3 is 10.6 Å². The van der Waals surface area contributed by atoms with Crippen LogP contribution in [0.3, 0.4) is 0 Å². The Morgan fingerprint density at radius 2 is 2.33 bits per heavy atom. The first kappa shape index (κ1) is 12.9. The zero-order valence-electron chi connectivity index (χ0n) is 10.8. The highest BCUT2D eigenvalue weighted by Gasteiger charge is 2.20. The fourth-order valence-corrected chi connectivity index (χ4v) is 2.34. The molecule has 1 atom stereocenters. The fourth-order valence-electron chi connectivity index (χ4n) is 2.34. The Bertz CT molecular complexity index is 359. The van der Waals surface area contributed by atoms with E-state index in [1.54, 1.807) is 12.4 Å². The van der Waals surface area contributed by atoms with E-state index in [1.165, 1.54) is 12.8 Å². The van der Waals surface area contributed by atoms with Crippen molar-refractivity contribution >= 4 is 11.7 Å². The second-order valence-electron chi connectivity index (χ2n) is 4.63. The molecule has 0 saturated carbocycles. The van der Waals surface area contributed by atoms with Gasteiger partial charge >= 0.3 is 6.03 Å². The van der Waals surface area contributed by atoms with Gasteiger partial charge in [0.05, 0.1) is 11.9 Å². The number of carbonyl (C=O) groups excluding carboxylic acids is 1. The summed E-state index contributed by atoms with van der Waals surface area (Å²) in [6.07, 6.45) is 6.84. The first-order valence-corrected chi connectivity index (χ1v) is 6.57. The monoisotopic (exact) mass is 251 g/mol. The largest absolute Gasteiger partial charge is 0.336 e. The maximum absolute atomic E-state index is 11.7. The van der Waals surface area contributed by atoms with Gasteiger partial charge in [-0.2, -0.15) is 5.10 Å². The maximum Gasteiger partial charge on any atom is 0.319 e. The van der Waals surface area contributed by atoms with Crippen molar-refractivity contribution in [1.29, 1.82) is 0 Å². The molecular weight excluding hydrogens is 230 g/mol. The van der Waals surface area contributed by atoms with Crippen molar-refractivity contribution in [3.8, 4) is 0 Å².